The van der Waals surface area contributed by atoms with Crippen LogP contribution in [0.15, 0.2) is 24.3 Å². The van der Waals surface area contributed by atoms with Crippen LogP contribution in [0.2, 0.25) is 0 Å². The van der Waals surface area contributed by atoms with Crippen molar-refractivity contribution in [3.05, 3.63) is 35.4 Å². The van der Waals surface area contributed by atoms with Gasteiger partial charge in [-0.25, -0.2) is 0 Å². The molecule has 2 nitrogen and oxygen atoms in total. The van der Waals surface area contributed by atoms with Crippen molar-refractivity contribution in [2.75, 3.05) is 6.61 Å². The number of aliphatic hydroxyl groups excluding tert-OH is 1. The molecule has 1 N–H and O–H groups in total. The molecular weight excluding hydrogens is 260 g/mol. The van der Waals surface area contributed by atoms with Gasteiger partial charge in [-0.3, -0.25) is 0 Å². The normalized spacial score (nSPS) is 14.1. The van der Waals surface area contributed by atoms with Gasteiger partial charge in [0.25, 0.3) is 0 Å². The van der Waals surface area contributed by atoms with E-state index in [2.05, 4.69) is 26.0 Å². The first-order valence-electron chi connectivity index (χ1n) is 8.57. The first-order valence-corrected chi connectivity index (χ1v) is 8.57. The van der Waals surface area contributed by atoms with E-state index in [9.17, 15) is 5.11 Å². The third kappa shape index (κ3) is 7.10. The Morgan fingerprint density at radius 3 is 2.19 bits per heavy atom. The molecule has 0 bridgehead atoms. The van der Waals surface area contributed by atoms with Crippen LogP contribution in [0.4, 0.5) is 0 Å². The predicted octanol–water partition coefficient (Wildman–Crippen LogP) is 5.05. The van der Waals surface area contributed by atoms with Gasteiger partial charge in [0.05, 0.1) is 6.10 Å². The molecule has 0 aliphatic carbocycles. The van der Waals surface area contributed by atoms with E-state index in [0.717, 1.165) is 25.0 Å². The molecular formula is C19H32O2. The summed E-state index contributed by atoms with van der Waals surface area (Å²) in [6, 6.07) is 8.18. The highest BCUT2D eigenvalue weighted by molar-refractivity contribution is 5.24. The van der Waals surface area contributed by atoms with E-state index in [0.29, 0.717) is 0 Å². The van der Waals surface area contributed by atoms with Crippen molar-refractivity contribution in [1.82, 2.24) is 0 Å². The molecule has 0 heterocycles. The van der Waals surface area contributed by atoms with E-state index in [1.54, 1.807) is 0 Å². The van der Waals surface area contributed by atoms with Gasteiger partial charge in [0.2, 0.25) is 0 Å². The molecule has 120 valence electrons. The number of rotatable bonds is 11. The molecule has 0 aromatic heterocycles. The minimum absolute atomic E-state index is 0.145. The van der Waals surface area contributed by atoms with Crippen LogP contribution in [-0.4, -0.2) is 17.8 Å². The molecule has 0 saturated carbocycles. The molecule has 0 spiro atoms. The van der Waals surface area contributed by atoms with Gasteiger partial charge in [0, 0.05) is 6.61 Å². The van der Waals surface area contributed by atoms with E-state index in [1.807, 2.05) is 19.1 Å². The zero-order valence-electron chi connectivity index (χ0n) is 14.0. The number of benzene rings is 1. The standard InChI is InChI=1S/C19H32O2/c1-4-6-7-8-9-10-15-21-16(3)19(20)18-13-11-17(5-2)12-14-18/h11-14,16,19-20H,4-10,15H2,1-3H3. The van der Waals surface area contributed by atoms with Crippen LogP contribution in [0.5, 0.6) is 0 Å². The Morgan fingerprint density at radius 1 is 0.952 bits per heavy atom. The van der Waals surface area contributed by atoms with E-state index in [1.165, 1.54) is 37.7 Å². The molecule has 2 unspecified atom stereocenters. The number of aryl methyl sites for hydroxylation is 1. The van der Waals surface area contributed by atoms with Crippen LogP contribution in [0.1, 0.15) is 76.5 Å². The summed E-state index contributed by atoms with van der Waals surface area (Å²) in [6.45, 7) is 7.07. The third-order valence-electron chi connectivity index (χ3n) is 4.05. The third-order valence-corrected chi connectivity index (χ3v) is 4.05. The van der Waals surface area contributed by atoms with Crippen molar-refractivity contribution in [1.29, 1.82) is 0 Å². The first-order chi connectivity index (χ1) is 10.2. The van der Waals surface area contributed by atoms with Gasteiger partial charge in [0.15, 0.2) is 0 Å². The second-order valence-electron chi connectivity index (χ2n) is 5.88. The summed E-state index contributed by atoms with van der Waals surface area (Å²) in [7, 11) is 0. The van der Waals surface area contributed by atoms with Crippen molar-refractivity contribution in [3.8, 4) is 0 Å². The summed E-state index contributed by atoms with van der Waals surface area (Å²) in [5, 5.41) is 10.3. The minimum Gasteiger partial charge on any atom is -0.386 e. The fourth-order valence-corrected chi connectivity index (χ4v) is 2.46. The average Bonchev–Trinajstić information content (AvgIpc) is 2.53. The zero-order chi connectivity index (χ0) is 15.5. The Balaban J connectivity index is 2.22. The fraction of sp³-hybridized carbons (Fsp3) is 0.684. The minimum atomic E-state index is -0.531. The average molecular weight is 292 g/mol. The number of unbranched alkanes of at least 4 members (excludes halogenated alkanes) is 5. The Labute approximate surface area is 130 Å². The molecule has 0 fully saturated rings. The molecule has 0 amide bonds. The summed E-state index contributed by atoms with van der Waals surface area (Å²) in [6.07, 6.45) is 7.93. The van der Waals surface area contributed by atoms with Crippen molar-refractivity contribution >= 4 is 0 Å². The van der Waals surface area contributed by atoms with E-state index < -0.39 is 6.10 Å². The smallest absolute Gasteiger partial charge is 0.105 e. The topological polar surface area (TPSA) is 29.5 Å². The number of ether oxygens (including phenoxy) is 1. The summed E-state index contributed by atoms with van der Waals surface area (Å²) in [5.41, 5.74) is 2.24. The Bertz CT molecular complexity index is 358. The van der Waals surface area contributed by atoms with Crippen molar-refractivity contribution in [3.63, 3.8) is 0 Å². The molecule has 1 aromatic carbocycles. The van der Waals surface area contributed by atoms with E-state index in [-0.39, 0.29) is 6.10 Å². The quantitative estimate of drug-likeness (QED) is 0.578. The lowest BCUT2D eigenvalue weighted by atomic mass is 10.0. The van der Waals surface area contributed by atoms with Crippen molar-refractivity contribution < 1.29 is 9.84 Å². The molecule has 0 radical (unpaired) electrons. The lowest BCUT2D eigenvalue weighted by Crippen LogP contribution is -2.19. The number of hydrogen-bond acceptors (Lipinski definition) is 2. The largest absolute Gasteiger partial charge is 0.386 e. The molecule has 0 aliphatic rings. The summed E-state index contributed by atoms with van der Waals surface area (Å²) >= 11 is 0. The van der Waals surface area contributed by atoms with Crippen molar-refractivity contribution in [2.24, 2.45) is 0 Å². The molecule has 1 aromatic rings. The lowest BCUT2D eigenvalue weighted by molar-refractivity contribution is -0.0291. The molecule has 2 atom stereocenters. The van der Waals surface area contributed by atoms with Crippen LogP contribution >= 0.6 is 0 Å². The number of hydrogen-bond donors (Lipinski definition) is 1. The highest BCUT2D eigenvalue weighted by Gasteiger charge is 2.16. The molecule has 1 rings (SSSR count). The van der Waals surface area contributed by atoms with E-state index >= 15 is 0 Å². The molecule has 0 saturated heterocycles. The summed E-state index contributed by atoms with van der Waals surface area (Å²) < 4.78 is 5.77. The molecule has 0 aliphatic heterocycles. The Kier molecular flexibility index (Phi) is 9.36. The van der Waals surface area contributed by atoms with Gasteiger partial charge >= 0.3 is 0 Å². The van der Waals surface area contributed by atoms with Crippen LogP contribution < -0.4 is 0 Å². The highest BCUT2D eigenvalue weighted by Crippen LogP contribution is 2.20. The second kappa shape index (κ2) is 10.8. The van der Waals surface area contributed by atoms with Crippen LogP contribution in [0.3, 0.4) is 0 Å². The first kappa shape index (κ1) is 18.2. The van der Waals surface area contributed by atoms with Gasteiger partial charge in [-0.05, 0) is 30.9 Å². The second-order valence-corrected chi connectivity index (χ2v) is 5.88. The van der Waals surface area contributed by atoms with Crippen LogP contribution in [0, 0.1) is 0 Å². The van der Waals surface area contributed by atoms with Crippen molar-refractivity contribution in [2.45, 2.75) is 77.9 Å². The highest BCUT2D eigenvalue weighted by atomic mass is 16.5. The maximum atomic E-state index is 10.3. The molecule has 2 heteroatoms. The van der Waals surface area contributed by atoms with Gasteiger partial charge in [-0.1, -0.05) is 70.2 Å². The number of aliphatic hydroxyl groups is 1. The maximum Gasteiger partial charge on any atom is 0.105 e. The zero-order valence-corrected chi connectivity index (χ0v) is 14.0. The Hall–Kier alpha value is -0.860. The summed E-state index contributed by atoms with van der Waals surface area (Å²) in [5.74, 6) is 0. The van der Waals surface area contributed by atoms with Crippen LogP contribution in [-0.2, 0) is 11.2 Å². The molecule has 21 heavy (non-hydrogen) atoms. The Morgan fingerprint density at radius 2 is 1.57 bits per heavy atom. The summed E-state index contributed by atoms with van der Waals surface area (Å²) in [4.78, 5) is 0. The maximum absolute atomic E-state index is 10.3. The van der Waals surface area contributed by atoms with Gasteiger partial charge < -0.3 is 9.84 Å². The van der Waals surface area contributed by atoms with Crippen LogP contribution in [0.25, 0.3) is 0 Å². The van der Waals surface area contributed by atoms with E-state index in [4.69, 9.17) is 4.74 Å². The van der Waals surface area contributed by atoms with Gasteiger partial charge in [-0.15, -0.1) is 0 Å². The fourth-order valence-electron chi connectivity index (χ4n) is 2.46. The van der Waals surface area contributed by atoms with Gasteiger partial charge in [0.1, 0.15) is 6.10 Å². The predicted molar refractivity (Wildman–Crippen MR) is 89.6 cm³/mol. The SMILES string of the molecule is CCCCCCCCOC(C)C(O)c1ccc(CC)cc1. The lowest BCUT2D eigenvalue weighted by Gasteiger charge is -2.20. The monoisotopic (exact) mass is 292 g/mol. The van der Waals surface area contributed by atoms with Gasteiger partial charge in [-0.2, -0.15) is 0 Å².